The summed E-state index contributed by atoms with van der Waals surface area (Å²) in [4.78, 5) is 13.9. The molecule has 0 fully saturated rings. The number of anilines is 1. The second-order valence-electron chi connectivity index (χ2n) is 5.67. The summed E-state index contributed by atoms with van der Waals surface area (Å²) in [5, 5.41) is 2.81. The Morgan fingerprint density at radius 3 is 2.71 bits per heavy atom. The normalized spacial score (nSPS) is 13.0. The minimum atomic E-state index is -0.267. The molecule has 0 saturated carbocycles. The number of ether oxygens (including phenoxy) is 2. The van der Waals surface area contributed by atoms with Crippen molar-refractivity contribution in [2.24, 2.45) is 0 Å². The van der Waals surface area contributed by atoms with E-state index in [2.05, 4.69) is 5.32 Å². The summed E-state index contributed by atoms with van der Waals surface area (Å²) in [5.74, 6) is 0.858. The van der Waals surface area contributed by atoms with Crippen LogP contribution >= 0.6 is 0 Å². The maximum atomic E-state index is 13.6. The summed E-state index contributed by atoms with van der Waals surface area (Å²) in [6.45, 7) is 1.54. The summed E-state index contributed by atoms with van der Waals surface area (Å²) in [5.41, 5.74) is 1.20. The average Bonchev–Trinajstić information content (AvgIpc) is 2.56. The van der Waals surface area contributed by atoms with Crippen molar-refractivity contribution in [3.63, 3.8) is 0 Å². The number of hydrogen-bond donors (Lipinski definition) is 1. The molecule has 0 aliphatic carbocycles. The molecule has 1 amide bonds. The van der Waals surface area contributed by atoms with Crippen LogP contribution in [0, 0.1) is 5.82 Å². The van der Waals surface area contributed by atoms with Gasteiger partial charge in [-0.3, -0.25) is 9.69 Å². The van der Waals surface area contributed by atoms with Gasteiger partial charge in [-0.15, -0.1) is 0 Å². The van der Waals surface area contributed by atoms with E-state index in [-0.39, 0.29) is 18.3 Å². The van der Waals surface area contributed by atoms with E-state index in [9.17, 15) is 9.18 Å². The first-order chi connectivity index (χ1) is 11.6. The van der Waals surface area contributed by atoms with Crippen molar-refractivity contribution in [3.8, 4) is 11.5 Å². The highest BCUT2D eigenvalue weighted by molar-refractivity contribution is 5.92. The van der Waals surface area contributed by atoms with Gasteiger partial charge in [-0.1, -0.05) is 18.2 Å². The van der Waals surface area contributed by atoms with Gasteiger partial charge in [-0.2, -0.15) is 0 Å². The number of amides is 1. The Kier molecular flexibility index (Phi) is 4.96. The minimum absolute atomic E-state index is 0.156. The molecule has 1 aliphatic heterocycles. The van der Waals surface area contributed by atoms with E-state index in [1.54, 1.807) is 48.3 Å². The molecule has 6 heteroatoms. The third-order valence-electron chi connectivity index (χ3n) is 3.64. The van der Waals surface area contributed by atoms with Crippen molar-refractivity contribution < 1.29 is 18.7 Å². The molecule has 3 rings (SSSR count). The molecule has 0 unspecified atom stereocenters. The van der Waals surface area contributed by atoms with Gasteiger partial charge in [0.15, 0.2) is 11.5 Å². The van der Waals surface area contributed by atoms with E-state index in [4.69, 9.17) is 9.47 Å². The van der Waals surface area contributed by atoms with Crippen LogP contribution in [0.3, 0.4) is 0 Å². The first-order valence-electron chi connectivity index (χ1n) is 7.73. The number of likely N-dealkylation sites (N-methyl/N-ethyl adjacent to an activating group) is 1. The van der Waals surface area contributed by atoms with Gasteiger partial charge < -0.3 is 14.8 Å². The molecule has 0 saturated heterocycles. The third-order valence-corrected chi connectivity index (χ3v) is 3.64. The number of carbonyl (C=O) groups is 1. The van der Waals surface area contributed by atoms with Gasteiger partial charge in [0.2, 0.25) is 5.91 Å². The fourth-order valence-corrected chi connectivity index (χ4v) is 2.54. The van der Waals surface area contributed by atoms with E-state index in [0.29, 0.717) is 42.5 Å². The first-order valence-corrected chi connectivity index (χ1v) is 7.73. The van der Waals surface area contributed by atoms with Crippen molar-refractivity contribution in [1.29, 1.82) is 0 Å². The van der Waals surface area contributed by atoms with Crippen molar-refractivity contribution in [3.05, 3.63) is 53.8 Å². The van der Waals surface area contributed by atoms with Crippen molar-refractivity contribution in [2.45, 2.75) is 6.54 Å². The molecule has 1 aliphatic rings. The number of benzene rings is 2. The summed E-state index contributed by atoms with van der Waals surface area (Å²) < 4.78 is 24.6. The van der Waals surface area contributed by atoms with Crippen molar-refractivity contribution in [1.82, 2.24) is 4.90 Å². The molecule has 2 aromatic carbocycles. The number of rotatable bonds is 5. The van der Waals surface area contributed by atoms with E-state index in [0.717, 1.165) is 0 Å². The molecule has 0 atom stereocenters. The van der Waals surface area contributed by atoms with Gasteiger partial charge >= 0.3 is 0 Å². The zero-order chi connectivity index (χ0) is 16.9. The Morgan fingerprint density at radius 2 is 1.92 bits per heavy atom. The van der Waals surface area contributed by atoms with Gasteiger partial charge in [-0.05, 0) is 25.2 Å². The molecule has 24 heavy (non-hydrogen) atoms. The highest BCUT2D eigenvalue weighted by atomic mass is 19.1. The maximum Gasteiger partial charge on any atom is 0.238 e. The predicted molar refractivity (Wildman–Crippen MR) is 88.8 cm³/mol. The zero-order valence-electron chi connectivity index (χ0n) is 13.4. The van der Waals surface area contributed by atoms with Crippen LogP contribution in [0.15, 0.2) is 42.5 Å². The molecule has 0 spiro atoms. The van der Waals surface area contributed by atoms with Crippen LogP contribution in [0.4, 0.5) is 10.1 Å². The monoisotopic (exact) mass is 330 g/mol. The Morgan fingerprint density at radius 1 is 1.17 bits per heavy atom. The largest absolute Gasteiger partial charge is 0.486 e. The smallest absolute Gasteiger partial charge is 0.238 e. The first kappa shape index (κ1) is 16.3. The quantitative estimate of drug-likeness (QED) is 0.916. The van der Waals surface area contributed by atoms with Crippen LogP contribution in [0.5, 0.6) is 11.5 Å². The van der Waals surface area contributed by atoms with E-state index in [1.807, 2.05) is 0 Å². The van der Waals surface area contributed by atoms with Crippen LogP contribution in [0.1, 0.15) is 5.56 Å². The highest BCUT2D eigenvalue weighted by Crippen LogP contribution is 2.32. The van der Waals surface area contributed by atoms with Crippen molar-refractivity contribution >= 4 is 11.6 Å². The lowest BCUT2D eigenvalue weighted by molar-refractivity contribution is -0.117. The Labute approximate surface area is 140 Å². The summed E-state index contributed by atoms with van der Waals surface area (Å²) in [6, 6.07) is 11.8. The van der Waals surface area contributed by atoms with Crippen LogP contribution in [0.2, 0.25) is 0 Å². The molecule has 126 valence electrons. The molecular weight excluding hydrogens is 311 g/mol. The molecule has 1 heterocycles. The second kappa shape index (κ2) is 7.31. The molecule has 0 aromatic heterocycles. The number of halogens is 1. The zero-order valence-corrected chi connectivity index (χ0v) is 13.4. The van der Waals surface area contributed by atoms with Gasteiger partial charge in [0.05, 0.1) is 6.54 Å². The SMILES string of the molecule is CN(CC(=O)Nc1ccc2c(c1)OCCO2)Cc1ccccc1F. The van der Waals surface area contributed by atoms with Crippen molar-refractivity contribution in [2.75, 3.05) is 32.1 Å². The maximum absolute atomic E-state index is 13.6. The van der Waals surface area contributed by atoms with Crippen LogP contribution in [-0.4, -0.2) is 37.6 Å². The fraction of sp³-hybridized carbons (Fsp3) is 0.278. The highest BCUT2D eigenvalue weighted by Gasteiger charge is 2.14. The van der Waals surface area contributed by atoms with Crippen LogP contribution in [0.25, 0.3) is 0 Å². The third kappa shape index (κ3) is 4.02. The number of nitrogens with zero attached hydrogens (tertiary/aromatic N) is 1. The second-order valence-corrected chi connectivity index (χ2v) is 5.67. The van der Waals surface area contributed by atoms with Gasteiger partial charge in [-0.25, -0.2) is 4.39 Å². The van der Waals surface area contributed by atoms with Gasteiger partial charge in [0, 0.05) is 23.9 Å². The van der Waals surface area contributed by atoms with E-state index in [1.165, 1.54) is 6.07 Å². The van der Waals surface area contributed by atoms with Crippen LogP contribution < -0.4 is 14.8 Å². The Hall–Kier alpha value is -2.60. The molecule has 1 N–H and O–H groups in total. The number of fused-ring (bicyclic) bond motifs is 1. The molecule has 2 aromatic rings. The van der Waals surface area contributed by atoms with E-state index >= 15 is 0 Å². The molecule has 5 nitrogen and oxygen atoms in total. The lowest BCUT2D eigenvalue weighted by Gasteiger charge is -2.20. The van der Waals surface area contributed by atoms with Crippen LogP contribution in [-0.2, 0) is 11.3 Å². The topological polar surface area (TPSA) is 50.8 Å². The standard InChI is InChI=1S/C18H19FN2O3/c1-21(11-13-4-2-3-5-15(13)19)12-18(22)20-14-6-7-16-17(10-14)24-9-8-23-16/h2-7,10H,8-9,11-12H2,1H3,(H,20,22). The number of carbonyl (C=O) groups excluding carboxylic acids is 1. The Balaban J connectivity index is 1.56. The summed E-state index contributed by atoms with van der Waals surface area (Å²) >= 11 is 0. The Bertz CT molecular complexity index is 736. The molecule has 0 bridgehead atoms. The fourth-order valence-electron chi connectivity index (χ4n) is 2.54. The number of hydrogen-bond acceptors (Lipinski definition) is 4. The van der Waals surface area contributed by atoms with E-state index < -0.39 is 0 Å². The van der Waals surface area contributed by atoms with Gasteiger partial charge in [0.1, 0.15) is 19.0 Å². The lowest BCUT2D eigenvalue weighted by Crippen LogP contribution is -2.30. The van der Waals surface area contributed by atoms with Gasteiger partial charge in [0.25, 0.3) is 0 Å². The number of nitrogens with one attached hydrogen (secondary N) is 1. The average molecular weight is 330 g/mol. The summed E-state index contributed by atoms with van der Waals surface area (Å²) in [7, 11) is 1.77. The summed E-state index contributed by atoms with van der Waals surface area (Å²) in [6.07, 6.45) is 0. The minimum Gasteiger partial charge on any atom is -0.486 e. The lowest BCUT2D eigenvalue weighted by atomic mass is 10.2. The molecular formula is C18H19FN2O3. The predicted octanol–water partition coefficient (Wildman–Crippen LogP) is 2.67. The molecule has 0 radical (unpaired) electrons.